The average molecular weight is 385 g/mol. The summed E-state index contributed by atoms with van der Waals surface area (Å²) in [4.78, 5) is 26.1. The number of carbonyl (C=O) groups is 2. The van der Waals surface area contributed by atoms with E-state index < -0.39 is 11.8 Å². The maximum atomic E-state index is 13.7. The molecule has 3 rings (SSSR count). The second-order valence-corrected chi connectivity index (χ2v) is 6.94. The van der Waals surface area contributed by atoms with E-state index in [4.69, 9.17) is 9.47 Å². The van der Waals surface area contributed by atoms with Gasteiger partial charge in [-0.05, 0) is 48.9 Å². The van der Waals surface area contributed by atoms with Crippen LogP contribution in [-0.4, -0.2) is 43.6 Å². The van der Waals surface area contributed by atoms with Gasteiger partial charge < -0.3 is 14.4 Å². The number of piperidine rings is 1. The monoisotopic (exact) mass is 385 g/mol. The Labute approximate surface area is 164 Å². The summed E-state index contributed by atoms with van der Waals surface area (Å²) >= 11 is 0. The molecule has 0 atom stereocenters. The Balaban J connectivity index is 1.44. The van der Waals surface area contributed by atoms with Crippen molar-refractivity contribution in [1.29, 1.82) is 0 Å². The molecule has 0 radical (unpaired) electrons. The van der Waals surface area contributed by atoms with Gasteiger partial charge in [-0.2, -0.15) is 0 Å². The summed E-state index contributed by atoms with van der Waals surface area (Å²) in [6.07, 6.45) is 2.87. The van der Waals surface area contributed by atoms with Gasteiger partial charge in [0.1, 0.15) is 0 Å². The molecule has 0 spiro atoms. The fourth-order valence-corrected chi connectivity index (χ4v) is 3.43. The summed E-state index contributed by atoms with van der Waals surface area (Å²) in [6.45, 7) is 0.978. The van der Waals surface area contributed by atoms with Crippen LogP contribution in [0.25, 0.3) is 0 Å². The fourth-order valence-electron chi connectivity index (χ4n) is 3.43. The van der Waals surface area contributed by atoms with Crippen LogP contribution in [-0.2, 0) is 16.0 Å². The Kier molecular flexibility index (Phi) is 6.63. The predicted octanol–water partition coefficient (Wildman–Crippen LogP) is 3.47. The van der Waals surface area contributed by atoms with Crippen LogP contribution in [0.3, 0.4) is 0 Å². The fraction of sp³-hybridized carbons (Fsp3) is 0.364. The average Bonchev–Trinajstić information content (AvgIpc) is 2.73. The predicted molar refractivity (Wildman–Crippen MR) is 103 cm³/mol. The highest BCUT2D eigenvalue weighted by atomic mass is 19.1. The third-order valence-corrected chi connectivity index (χ3v) is 5.05. The van der Waals surface area contributed by atoms with E-state index in [1.54, 1.807) is 4.90 Å². The molecule has 2 aromatic carbocycles. The highest BCUT2D eigenvalue weighted by molar-refractivity contribution is 5.91. The minimum atomic E-state index is -0.728. The number of methoxy groups -OCH3 is 1. The van der Waals surface area contributed by atoms with Crippen LogP contribution >= 0.6 is 0 Å². The molecule has 5 nitrogen and oxygen atoms in total. The molecular formula is C22H24FNO4. The molecule has 1 saturated heterocycles. The maximum absolute atomic E-state index is 13.7. The lowest BCUT2D eigenvalue weighted by molar-refractivity contribution is -0.135. The van der Waals surface area contributed by atoms with Gasteiger partial charge >= 0.3 is 5.97 Å². The number of halogens is 1. The Morgan fingerprint density at radius 3 is 2.46 bits per heavy atom. The van der Waals surface area contributed by atoms with Crippen LogP contribution in [0.5, 0.6) is 5.75 Å². The lowest BCUT2D eigenvalue weighted by atomic mass is 9.90. The molecular weight excluding hydrogens is 361 g/mol. The zero-order chi connectivity index (χ0) is 19.9. The number of hydrogen-bond acceptors (Lipinski definition) is 4. The van der Waals surface area contributed by atoms with Gasteiger partial charge in [-0.1, -0.05) is 30.3 Å². The van der Waals surface area contributed by atoms with E-state index in [1.165, 1.54) is 24.8 Å². The lowest BCUT2D eigenvalue weighted by Gasteiger charge is -2.32. The second kappa shape index (κ2) is 9.35. The first-order valence-corrected chi connectivity index (χ1v) is 9.39. The SMILES string of the molecule is COc1ccc(C(=O)OCC(=O)N2CCC(Cc3ccccc3)CC2)cc1F. The first kappa shape index (κ1) is 19.9. The number of nitrogens with zero attached hydrogens (tertiary/aromatic N) is 1. The van der Waals surface area contributed by atoms with Crippen LogP contribution in [0.15, 0.2) is 48.5 Å². The van der Waals surface area contributed by atoms with Crippen molar-refractivity contribution >= 4 is 11.9 Å². The van der Waals surface area contributed by atoms with Crippen molar-refractivity contribution in [1.82, 2.24) is 4.90 Å². The minimum absolute atomic E-state index is 0.0472. The van der Waals surface area contributed by atoms with Gasteiger partial charge in [0.2, 0.25) is 0 Å². The van der Waals surface area contributed by atoms with Gasteiger partial charge in [-0.3, -0.25) is 4.79 Å². The molecule has 0 N–H and O–H groups in total. The van der Waals surface area contributed by atoms with Crippen LogP contribution in [0.1, 0.15) is 28.8 Å². The molecule has 0 aliphatic carbocycles. The van der Waals surface area contributed by atoms with Crippen molar-refractivity contribution in [3.8, 4) is 5.75 Å². The molecule has 6 heteroatoms. The Bertz CT molecular complexity index is 817. The number of benzene rings is 2. The molecule has 0 aromatic heterocycles. The largest absolute Gasteiger partial charge is 0.494 e. The quantitative estimate of drug-likeness (QED) is 0.715. The molecule has 28 heavy (non-hydrogen) atoms. The lowest BCUT2D eigenvalue weighted by Crippen LogP contribution is -2.41. The Morgan fingerprint density at radius 2 is 1.82 bits per heavy atom. The number of esters is 1. The van der Waals surface area contributed by atoms with Crippen molar-refractivity contribution in [2.75, 3.05) is 26.8 Å². The van der Waals surface area contributed by atoms with E-state index in [2.05, 4.69) is 12.1 Å². The summed E-state index contributed by atoms with van der Waals surface area (Å²) in [5.74, 6) is -1.000. The van der Waals surface area contributed by atoms with Crippen LogP contribution in [0.2, 0.25) is 0 Å². The Hall–Kier alpha value is -2.89. The van der Waals surface area contributed by atoms with Crippen LogP contribution in [0, 0.1) is 11.7 Å². The van der Waals surface area contributed by atoms with Crippen molar-refractivity contribution in [3.63, 3.8) is 0 Å². The molecule has 0 unspecified atom stereocenters. The Morgan fingerprint density at radius 1 is 1.11 bits per heavy atom. The molecule has 148 valence electrons. The van der Waals surface area contributed by atoms with Crippen molar-refractivity contribution in [3.05, 3.63) is 65.5 Å². The second-order valence-electron chi connectivity index (χ2n) is 6.94. The first-order valence-electron chi connectivity index (χ1n) is 9.39. The van der Waals surface area contributed by atoms with E-state index in [1.807, 2.05) is 18.2 Å². The smallest absolute Gasteiger partial charge is 0.338 e. The van der Waals surface area contributed by atoms with Gasteiger partial charge in [0.25, 0.3) is 5.91 Å². The number of ether oxygens (including phenoxy) is 2. The van der Waals surface area contributed by atoms with Crippen LogP contribution in [0.4, 0.5) is 4.39 Å². The number of likely N-dealkylation sites (tertiary alicyclic amines) is 1. The summed E-state index contributed by atoms with van der Waals surface area (Å²) in [7, 11) is 1.35. The summed E-state index contributed by atoms with van der Waals surface area (Å²) < 4.78 is 23.6. The van der Waals surface area contributed by atoms with E-state index in [0.29, 0.717) is 19.0 Å². The van der Waals surface area contributed by atoms with Gasteiger partial charge in [0, 0.05) is 13.1 Å². The van der Waals surface area contributed by atoms with Gasteiger partial charge in [-0.15, -0.1) is 0 Å². The van der Waals surface area contributed by atoms with Gasteiger partial charge in [-0.25, -0.2) is 9.18 Å². The van der Waals surface area contributed by atoms with Gasteiger partial charge in [0.15, 0.2) is 18.2 Å². The molecule has 2 aromatic rings. The summed E-state index contributed by atoms with van der Waals surface area (Å²) in [5, 5.41) is 0. The molecule has 1 amide bonds. The van der Waals surface area contributed by atoms with Crippen molar-refractivity contribution in [2.45, 2.75) is 19.3 Å². The van der Waals surface area contributed by atoms with E-state index >= 15 is 0 Å². The number of carbonyl (C=O) groups excluding carboxylic acids is 2. The molecule has 1 aliphatic heterocycles. The summed E-state index contributed by atoms with van der Waals surface area (Å²) in [5.41, 5.74) is 1.36. The van der Waals surface area contributed by atoms with Gasteiger partial charge in [0.05, 0.1) is 12.7 Å². The van der Waals surface area contributed by atoms with Crippen LogP contribution < -0.4 is 4.74 Å². The molecule has 0 saturated carbocycles. The topological polar surface area (TPSA) is 55.8 Å². The summed E-state index contributed by atoms with van der Waals surface area (Å²) in [6, 6.07) is 14.1. The zero-order valence-electron chi connectivity index (χ0n) is 15.9. The highest BCUT2D eigenvalue weighted by Crippen LogP contribution is 2.22. The standard InChI is InChI=1S/C22H24FNO4/c1-27-20-8-7-18(14-19(20)23)22(26)28-15-21(25)24-11-9-17(10-12-24)13-16-5-3-2-4-6-16/h2-8,14,17H,9-13,15H2,1H3. The normalized spacial score (nSPS) is 14.6. The van der Waals surface area contributed by atoms with Crippen molar-refractivity contribution < 1.29 is 23.5 Å². The maximum Gasteiger partial charge on any atom is 0.338 e. The molecule has 1 heterocycles. The number of hydrogen-bond donors (Lipinski definition) is 0. The molecule has 0 bridgehead atoms. The van der Waals surface area contributed by atoms with Crippen molar-refractivity contribution in [2.24, 2.45) is 5.92 Å². The third-order valence-electron chi connectivity index (χ3n) is 5.05. The first-order chi connectivity index (χ1) is 13.6. The third kappa shape index (κ3) is 5.09. The zero-order valence-corrected chi connectivity index (χ0v) is 15.9. The molecule has 1 fully saturated rings. The van der Waals surface area contributed by atoms with E-state index in [9.17, 15) is 14.0 Å². The minimum Gasteiger partial charge on any atom is -0.494 e. The van der Waals surface area contributed by atoms with E-state index in [0.717, 1.165) is 25.3 Å². The number of rotatable bonds is 6. The van der Waals surface area contributed by atoms with E-state index in [-0.39, 0.29) is 23.8 Å². The number of amides is 1. The molecule has 1 aliphatic rings. The highest BCUT2D eigenvalue weighted by Gasteiger charge is 2.24.